The van der Waals surface area contributed by atoms with Crippen molar-refractivity contribution in [3.8, 4) is 0 Å². The maximum absolute atomic E-state index is 12.5. The summed E-state index contributed by atoms with van der Waals surface area (Å²) in [6.07, 6.45) is -1.10. The molecule has 0 radical (unpaired) electrons. The first kappa shape index (κ1) is 7.71. The summed E-state index contributed by atoms with van der Waals surface area (Å²) in [4.78, 5) is 13.6. The lowest BCUT2D eigenvalue weighted by molar-refractivity contribution is -0.143. The molecule has 11 heavy (non-hydrogen) atoms. The molecule has 0 fully saturated rings. The van der Waals surface area contributed by atoms with Crippen molar-refractivity contribution in [3.63, 3.8) is 0 Å². The van der Waals surface area contributed by atoms with E-state index in [9.17, 15) is 9.18 Å². The van der Waals surface area contributed by atoms with E-state index < -0.39 is 12.1 Å². The highest BCUT2D eigenvalue weighted by atomic mass is 19.1. The van der Waals surface area contributed by atoms with E-state index in [1.54, 1.807) is 0 Å². The van der Waals surface area contributed by atoms with Crippen LogP contribution in [0.1, 0.15) is 17.8 Å². The number of carbonyl (C=O) groups is 1. The molecular formula is C6H6FNO3. The van der Waals surface area contributed by atoms with Gasteiger partial charge in [-0.05, 0) is 0 Å². The molecule has 0 saturated heterocycles. The quantitative estimate of drug-likeness (QED) is 0.701. The van der Waals surface area contributed by atoms with Gasteiger partial charge in [-0.3, -0.25) is 0 Å². The van der Waals surface area contributed by atoms with Gasteiger partial charge < -0.3 is 9.52 Å². The predicted molar refractivity (Wildman–Crippen MR) is 32.7 cm³/mol. The number of rotatable bonds is 2. The molecule has 0 amide bonds. The van der Waals surface area contributed by atoms with Crippen LogP contribution in [-0.2, 0) is 4.79 Å². The minimum atomic E-state index is -2.09. The molecule has 60 valence electrons. The Hall–Kier alpha value is -1.39. The van der Waals surface area contributed by atoms with Gasteiger partial charge in [-0.15, -0.1) is 0 Å². The summed E-state index contributed by atoms with van der Waals surface area (Å²) >= 11 is 0. The monoisotopic (exact) mass is 159 g/mol. The molecule has 1 aromatic heterocycles. The molecule has 1 aromatic rings. The second-order valence-corrected chi connectivity index (χ2v) is 1.99. The highest BCUT2D eigenvalue weighted by Crippen LogP contribution is 2.15. The summed E-state index contributed by atoms with van der Waals surface area (Å²) in [6.45, 7) is 1.51. The SMILES string of the molecule is Cc1nc(C(F)C(=O)O)co1. The fourth-order valence-electron chi connectivity index (χ4n) is 0.623. The molecule has 0 saturated carbocycles. The molecule has 0 bridgehead atoms. The number of hydrogen-bond acceptors (Lipinski definition) is 3. The van der Waals surface area contributed by atoms with Gasteiger partial charge >= 0.3 is 5.97 Å². The fourth-order valence-corrected chi connectivity index (χ4v) is 0.623. The van der Waals surface area contributed by atoms with E-state index in [4.69, 9.17) is 5.11 Å². The molecule has 4 nitrogen and oxygen atoms in total. The van der Waals surface area contributed by atoms with Crippen molar-refractivity contribution >= 4 is 5.97 Å². The number of halogens is 1. The summed E-state index contributed by atoms with van der Waals surface area (Å²) in [5.41, 5.74) is -0.199. The molecule has 1 heterocycles. The number of aryl methyl sites for hydroxylation is 1. The van der Waals surface area contributed by atoms with Crippen LogP contribution in [0, 0.1) is 6.92 Å². The Kier molecular flexibility index (Phi) is 1.89. The lowest BCUT2D eigenvalue weighted by atomic mass is 10.3. The number of carboxylic acid groups (broad SMARTS) is 1. The summed E-state index contributed by atoms with van der Waals surface area (Å²) < 4.78 is 17.2. The maximum atomic E-state index is 12.5. The molecule has 0 aromatic carbocycles. The maximum Gasteiger partial charge on any atom is 0.344 e. The second kappa shape index (κ2) is 2.69. The zero-order chi connectivity index (χ0) is 8.43. The van der Waals surface area contributed by atoms with Crippen molar-refractivity contribution in [2.24, 2.45) is 0 Å². The van der Waals surface area contributed by atoms with Gasteiger partial charge in [0.05, 0.1) is 0 Å². The van der Waals surface area contributed by atoms with Crippen LogP contribution >= 0.6 is 0 Å². The first-order valence-corrected chi connectivity index (χ1v) is 2.90. The zero-order valence-electron chi connectivity index (χ0n) is 5.74. The number of oxazole rings is 1. The molecule has 1 atom stereocenters. The average Bonchev–Trinajstić information content (AvgIpc) is 2.34. The van der Waals surface area contributed by atoms with Gasteiger partial charge in [0.15, 0.2) is 5.89 Å². The first-order valence-electron chi connectivity index (χ1n) is 2.90. The Bertz CT molecular complexity index is 271. The summed E-state index contributed by atoms with van der Waals surface area (Å²) in [5.74, 6) is -1.30. The molecule has 0 aliphatic heterocycles. The number of aliphatic carboxylic acids is 1. The van der Waals surface area contributed by atoms with E-state index in [1.165, 1.54) is 6.92 Å². The molecule has 1 unspecified atom stereocenters. The lowest BCUT2D eigenvalue weighted by Crippen LogP contribution is -2.05. The van der Waals surface area contributed by atoms with Crippen molar-refractivity contribution in [2.45, 2.75) is 13.1 Å². The van der Waals surface area contributed by atoms with Gasteiger partial charge in [0.1, 0.15) is 12.0 Å². The highest BCUT2D eigenvalue weighted by molar-refractivity contribution is 5.73. The van der Waals surface area contributed by atoms with Gasteiger partial charge in [0, 0.05) is 6.92 Å². The minimum Gasteiger partial charge on any atom is -0.479 e. The zero-order valence-corrected chi connectivity index (χ0v) is 5.74. The van der Waals surface area contributed by atoms with E-state index in [0.29, 0.717) is 0 Å². The third-order valence-corrected chi connectivity index (χ3v) is 1.11. The Balaban J connectivity index is 2.84. The van der Waals surface area contributed by atoms with E-state index >= 15 is 0 Å². The van der Waals surface area contributed by atoms with Crippen molar-refractivity contribution in [3.05, 3.63) is 17.8 Å². The summed E-state index contributed by atoms with van der Waals surface area (Å²) in [7, 11) is 0. The van der Waals surface area contributed by atoms with E-state index in [0.717, 1.165) is 6.26 Å². The second-order valence-electron chi connectivity index (χ2n) is 1.99. The number of nitrogens with zero attached hydrogens (tertiary/aromatic N) is 1. The van der Waals surface area contributed by atoms with Gasteiger partial charge in [-0.2, -0.15) is 0 Å². The van der Waals surface area contributed by atoms with Gasteiger partial charge in [0.25, 0.3) is 0 Å². The topological polar surface area (TPSA) is 63.3 Å². The molecule has 0 aliphatic carbocycles. The van der Waals surface area contributed by atoms with E-state index in [2.05, 4.69) is 9.40 Å². The van der Waals surface area contributed by atoms with Crippen molar-refractivity contribution in [1.29, 1.82) is 0 Å². The Labute approximate surface area is 61.7 Å². The summed E-state index contributed by atoms with van der Waals surface area (Å²) in [6, 6.07) is 0. The molecular weight excluding hydrogens is 153 g/mol. The van der Waals surface area contributed by atoms with Crippen LogP contribution in [0.25, 0.3) is 0 Å². The molecule has 5 heteroatoms. The Morgan fingerprint density at radius 2 is 2.55 bits per heavy atom. The summed E-state index contributed by atoms with van der Waals surface area (Å²) in [5, 5.41) is 8.19. The molecule has 0 aliphatic rings. The Morgan fingerprint density at radius 1 is 1.91 bits per heavy atom. The fraction of sp³-hybridized carbons (Fsp3) is 0.333. The minimum absolute atomic E-state index is 0.199. The van der Waals surface area contributed by atoms with Gasteiger partial charge in [0.2, 0.25) is 6.17 Å². The Morgan fingerprint density at radius 3 is 2.91 bits per heavy atom. The smallest absolute Gasteiger partial charge is 0.344 e. The van der Waals surface area contributed by atoms with Crippen LogP contribution in [0.3, 0.4) is 0 Å². The van der Waals surface area contributed by atoms with Gasteiger partial charge in [-0.1, -0.05) is 0 Å². The standard InChI is InChI=1S/C6H6FNO3/c1-3-8-4(2-11-3)5(7)6(9)10/h2,5H,1H3,(H,9,10). The van der Waals surface area contributed by atoms with Crippen LogP contribution in [0.15, 0.2) is 10.7 Å². The van der Waals surface area contributed by atoms with Crippen LogP contribution in [0.5, 0.6) is 0 Å². The van der Waals surface area contributed by atoms with Crippen molar-refractivity contribution in [1.82, 2.24) is 4.98 Å². The van der Waals surface area contributed by atoms with E-state index in [1.807, 2.05) is 0 Å². The molecule has 1 N–H and O–H groups in total. The van der Waals surface area contributed by atoms with Crippen molar-refractivity contribution < 1.29 is 18.7 Å². The third-order valence-electron chi connectivity index (χ3n) is 1.11. The van der Waals surface area contributed by atoms with Gasteiger partial charge in [-0.25, -0.2) is 14.2 Å². The predicted octanol–water partition coefficient (Wildman–Crippen LogP) is 1.08. The van der Waals surface area contributed by atoms with Crippen LogP contribution < -0.4 is 0 Å². The number of aromatic nitrogens is 1. The number of alkyl halides is 1. The number of carboxylic acids is 1. The largest absolute Gasteiger partial charge is 0.479 e. The average molecular weight is 159 g/mol. The van der Waals surface area contributed by atoms with Crippen molar-refractivity contribution in [2.75, 3.05) is 0 Å². The first-order chi connectivity index (χ1) is 5.11. The van der Waals surface area contributed by atoms with E-state index in [-0.39, 0.29) is 11.6 Å². The third kappa shape index (κ3) is 1.54. The highest BCUT2D eigenvalue weighted by Gasteiger charge is 2.21. The number of hydrogen-bond donors (Lipinski definition) is 1. The molecule has 0 spiro atoms. The molecule has 1 rings (SSSR count). The lowest BCUT2D eigenvalue weighted by Gasteiger charge is -1.93. The van der Waals surface area contributed by atoms with Crippen LogP contribution in [0.4, 0.5) is 4.39 Å². The van der Waals surface area contributed by atoms with Crippen LogP contribution in [0.2, 0.25) is 0 Å². The normalized spacial score (nSPS) is 12.9. The van der Waals surface area contributed by atoms with Crippen LogP contribution in [-0.4, -0.2) is 16.1 Å².